The first-order valence-corrected chi connectivity index (χ1v) is 9.42. The number of hydrogen-bond donors (Lipinski definition) is 0. The van der Waals surface area contributed by atoms with Gasteiger partial charge in [0.15, 0.2) is 0 Å². The second-order valence-electron chi connectivity index (χ2n) is 6.84. The molecule has 0 saturated carbocycles. The smallest absolute Gasteiger partial charge is 0.319 e. The number of pyridine rings is 1. The standard InChI is InChI=1S/C22H24N4O3/c1-5-15-12-16-6-7-17(13-18(16)25-20(15)28-4)22(2,14-23)9-11-29-21-24-10-8-19(26-21)27-3/h6-8,10,12-13H,5,9,11H2,1-4H3. The lowest BCUT2D eigenvalue weighted by Crippen LogP contribution is -2.23. The second-order valence-corrected chi connectivity index (χ2v) is 6.84. The minimum Gasteiger partial charge on any atom is -0.481 e. The van der Waals surface area contributed by atoms with Crippen molar-refractivity contribution in [3.63, 3.8) is 0 Å². The number of rotatable bonds is 8. The molecule has 1 unspecified atom stereocenters. The highest BCUT2D eigenvalue weighted by Gasteiger charge is 2.27. The molecule has 0 N–H and O–H groups in total. The number of aromatic nitrogens is 3. The molecule has 0 fully saturated rings. The third-order valence-corrected chi connectivity index (χ3v) is 4.97. The quantitative estimate of drug-likeness (QED) is 0.575. The minimum absolute atomic E-state index is 0.224. The van der Waals surface area contributed by atoms with E-state index in [0.717, 1.165) is 28.5 Å². The molecular weight excluding hydrogens is 368 g/mol. The summed E-state index contributed by atoms with van der Waals surface area (Å²) in [5.74, 6) is 1.05. The predicted molar refractivity (Wildman–Crippen MR) is 109 cm³/mol. The van der Waals surface area contributed by atoms with E-state index >= 15 is 0 Å². The first-order valence-electron chi connectivity index (χ1n) is 9.42. The molecule has 7 nitrogen and oxygen atoms in total. The highest BCUT2D eigenvalue weighted by Crippen LogP contribution is 2.31. The summed E-state index contributed by atoms with van der Waals surface area (Å²) in [6.07, 6.45) is 2.88. The Morgan fingerprint density at radius 2 is 1.93 bits per heavy atom. The molecule has 3 rings (SSSR count). The Bertz CT molecular complexity index is 1050. The van der Waals surface area contributed by atoms with Gasteiger partial charge in [0.2, 0.25) is 11.8 Å². The van der Waals surface area contributed by atoms with E-state index in [1.54, 1.807) is 19.4 Å². The zero-order chi connectivity index (χ0) is 20.9. The van der Waals surface area contributed by atoms with Crippen LogP contribution in [0.5, 0.6) is 17.8 Å². The summed E-state index contributed by atoms with van der Waals surface area (Å²) < 4.78 is 16.1. The summed E-state index contributed by atoms with van der Waals surface area (Å²) in [5.41, 5.74) is 1.99. The molecule has 2 aromatic heterocycles. The zero-order valence-electron chi connectivity index (χ0n) is 17.1. The number of aryl methyl sites for hydroxylation is 1. The van der Waals surface area contributed by atoms with Crippen molar-refractivity contribution in [3.8, 4) is 23.8 Å². The fraction of sp³-hybridized carbons (Fsp3) is 0.364. The predicted octanol–water partition coefficient (Wildman–Crippen LogP) is 3.85. The van der Waals surface area contributed by atoms with E-state index in [0.29, 0.717) is 24.8 Å². The summed E-state index contributed by atoms with van der Waals surface area (Å²) in [7, 11) is 3.15. The number of methoxy groups -OCH3 is 2. The maximum atomic E-state index is 9.87. The van der Waals surface area contributed by atoms with E-state index < -0.39 is 5.41 Å². The number of benzene rings is 1. The van der Waals surface area contributed by atoms with Gasteiger partial charge in [-0.1, -0.05) is 19.1 Å². The van der Waals surface area contributed by atoms with Crippen molar-refractivity contribution in [2.45, 2.75) is 32.1 Å². The lowest BCUT2D eigenvalue weighted by atomic mass is 9.81. The van der Waals surface area contributed by atoms with Crippen molar-refractivity contribution >= 4 is 10.9 Å². The van der Waals surface area contributed by atoms with Gasteiger partial charge in [-0.2, -0.15) is 10.2 Å². The Hall–Kier alpha value is -3.40. The van der Waals surface area contributed by atoms with Crippen LogP contribution in [-0.2, 0) is 11.8 Å². The van der Waals surface area contributed by atoms with Crippen LogP contribution in [0.25, 0.3) is 10.9 Å². The molecule has 0 bridgehead atoms. The lowest BCUT2D eigenvalue weighted by molar-refractivity contribution is 0.260. The van der Waals surface area contributed by atoms with Crippen LogP contribution in [0.4, 0.5) is 0 Å². The van der Waals surface area contributed by atoms with Crippen LogP contribution in [-0.4, -0.2) is 35.8 Å². The fourth-order valence-corrected chi connectivity index (χ4v) is 3.09. The zero-order valence-corrected chi connectivity index (χ0v) is 17.1. The normalized spacial score (nSPS) is 12.8. The monoisotopic (exact) mass is 392 g/mol. The molecule has 0 aliphatic heterocycles. The molecular formula is C22H24N4O3. The van der Waals surface area contributed by atoms with E-state index in [2.05, 4.69) is 34.0 Å². The maximum Gasteiger partial charge on any atom is 0.319 e. The SMILES string of the molecule is CCc1cc2ccc(C(C)(C#N)CCOc3nccc(OC)n3)cc2nc1OC. The molecule has 7 heteroatoms. The van der Waals surface area contributed by atoms with Gasteiger partial charge in [0.1, 0.15) is 0 Å². The first kappa shape index (κ1) is 20.3. The molecule has 1 aromatic carbocycles. The summed E-state index contributed by atoms with van der Waals surface area (Å²) in [4.78, 5) is 12.8. The van der Waals surface area contributed by atoms with Crippen molar-refractivity contribution in [2.75, 3.05) is 20.8 Å². The van der Waals surface area contributed by atoms with Crippen LogP contribution < -0.4 is 14.2 Å². The van der Waals surface area contributed by atoms with Crippen LogP contribution in [0, 0.1) is 11.3 Å². The number of nitriles is 1. The van der Waals surface area contributed by atoms with Crippen molar-refractivity contribution in [2.24, 2.45) is 0 Å². The third-order valence-electron chi connectivity index (χ3n) is 4.97. The minimum atomic E-state index is -0.745. The summed E-state index contributed by atoms with van der Waals surface area (Å²) in [6, 6.07) is 12.3. The van der Waals surface area contributed by atoms with E-state index in [4.69, 9.17) is 14.2 Å². The Kier molecular flexibility index (Phi) is 6.13. The molecule has 0 aliphatic carbocycles. The van der Waals surface area contributed by atoms with Gasteiger partial charge in [0.05, 0.1) is 37.8 Å². The van der Waals surface area contributed by atoms with Crippen LogP contribution in [0.2, 0.25) is 0 Å². The number of hydrogen-bond acceptors (Lipinski definition) is 7. The van der Waals surface area contributed by atoms with E-state index in [1.165, 1.54) is 7.11 Å². The van der Waals surface area contributed by atoms with Crippen LogP contribution >= 0.6 is 0 Å². The first-order chi connectivity index (χ1) is 14.0. The number of nitrogens with zero attached hydrogens (tertiary/aromatic N) is 4. The van der Waals surface area contributed by atoms with Crippen molar-refractivity contribution < 1.29 is 14.2 Å². The van der Waals surface area contributed by atoms with Crippen molar-refractivity contribution in [1.29, 1.82) is 5.26 Å². The molecule has 0 amide bonds. The molecule has 3 aromatic rings. The number of ether oxygens (including phenoxy) is 3. The van der Waals surface area contributed by atoms with Gasteiger partial charge < -0.3 is 14.2 Å². The summed E-state index contributed by atoms with van der Waals surface area (Å²) >= 11 is 0. The molecule has 0 saturated heterocycles. The Balaban J connectivity index is 1.81. The van der Waals surface area contributed by atoms with Gasteiger partial charge in [0, 0.05) is 29.6 Å². The fourth-order valence-electron chi connectivity index (χ4n) is 3.09. The average molecular weight is 392 g/mol. The third kappa shape index (κ3) is 4.37. The summed E-state index contributed by atoms with van der Waals surface area (Å²) in [6.45, 7) is 4.25. The highest BCUT2D eigenvalue weighted by atomic mass is 16.5. The molecule has 2 heterocycles. The van der Waals surface area contributed by atoms with Crippen LogP contribution in [0.3, 0.4) is 0 Å². The molecule has 1 atom stereocenters. The van der Waals surface area contributed by atoms with Gasteiger partial charge in [-0.05, 0) is 31.0 Å². The van der Waals surface area contributed by atoms with Gasteiger partial charge in [-0.25, -0.2) is 9.97 Å². The van der Waals surface area contributed by atoms with Gasteiger partial charge in [-0.3, -0.25) is 0 Å². The van der Waals surface area contributed by atoms with Crippen LogP contribution in [0.15, 0.2) is 36.5 Å². The average Bonchev–Trinajstić information content (AvgIpc) is 2.77. The largest absolute Gasteiger partial charge is 0.481 e. The molecule has 0 aliphatic rings. The summed E-state index contributed by atoms with van der Waals surface area (Å²) in [5, 5.41) is 10.9. The van der Waals surface area contributed by atoms with Crippen molar-refractivity contribution in [1.82, 2.24) is 15.0 Å². The van der Waals surface area contributed by atoms with E-state index in [9.17, 15) is 5.26 Å². The van der Waals surface area contributed by atoms with Crippen molar-refractivity contribution in [3.05, 3.63) is 47.7 Å². The van der Waals surface area contributed by atoms with E-state index in [1.807, 2.05) is 25.1 Å². The molecule has 0 radical (unpaired) electrons. The van der Waals surface area contributed by atoms with Gasteiger partial charge >= 0.3 is 6.01 Å². The van der Waals surface area contributed by atoms with Gasteiger partial charge in [-0.15, -0.1) is 0 Å². The van der Waals surface area contributed by atoms with E-state index in [-0.39, 0.29) is 6.01 Å². The van der Waals surface area contributed by atoms with Crippen LogP contribution in [0.1, 0.15) is 31.4 Å². The number of fused-ring (bicyclic) bond motifs is 1. The Labute approximate surface area is 170 Å². The molecule has 29 heavy (non-hydrogen) atoms. The van der Waals surface area contributed by atoms with Gasteiger partial charge in [0.25, 0.3) is 0 Å². The Morgan fingerprint density at radius 1 is 1.10 bits per heavy atom. The molecule has 0 spiro atoms. The second kappa shape index (κ2) is 8.74. The topological polar surface area (TPSA) is 90.2 Å². The molecule has 150 valence electrons. The maximum absolute atomic E-state index is 9.87. The lowest BCUT2D eigenvalue weighted by Gasteiger charge is -2.22. The Morgan fingerprint density at radius 3 is 2.62 bits per heavy atom. The highest BCUT2D eigenvalue weighted by molar-refractivity contribution is 5.81.